The lowest BCUT2D eigenvalue weighted by Gasteiger charge is -2.16. The van der Waals surface area contributed by atoms with Gasteiger partial charge in [0.2, 0.25) is 10.0 Å². The summed E-state index contributed by atoms with van der Waals surface area (Å²) in [5.41, 5.74) is 5.67. The molecule has 1 saturated heterocycles. The van der Waals surface area contributed by atoms with E-state index in [1.54, 1.807) is 0 Å². The number of sulfonamides is 1. The molecule has 10 heteroatoms. The Morgan fingerprint density at radius 2 is 2.10 bits per heavy atom. The first kappa shape index (κ1) is 18.4. The van der Waals surface area contributed by atoms with Crippen molar-refractivity contribution in [1.82, 2.24) is 4.31 Å². The van der Waals surface area contributed by atoms with Crippen LogP contribution in [-0.4, -0.2) is 38.5 Å². The Kier molecular flexibility index (Phi) is 6.18. The highest BCUT2D eigenvalue weighted by Gasteiger charge is 2.31. The summed E-state index contributed by atoms with van der Waals surface area (Å²) in [5.74, 6) is -0.265. The summed E-state index contributed by atoms with van der Waals surface area (Å²) >= 11 is 5.75. The number of alkyl halides is 2. The number of ether oxygens (including phenoxy) is 1. The lowest BCUT2D eigenvalue weighted by Crippen LogP contribution is -2.31. The molecule has 0 spiro atoms. The van der Waals surface area contributed by atoms with Crippen LogP contribution in [-0.2, 0) is 10.0 Å². The van der Waals surface area contributed by atoms with E-state index in [2.05, 4.69) is 4.74 Å². The minimum absolute atomic E-state index is 0. The van der Waals surface area contributed by atoms with E-state index in [0.717, 1.165) is 12.1 Å². The number of benzene rings is 1. The maximum absolute atomic E-state index is 12.3. The largest absolute Gasteiger partial charge is 0.433 e. The number of hydrogen-bond donors (Lipinski definition) is 1. The van der Waals surface area contributed by atoms with Crippen LogP contribution in [0.15, 0.2) is 23.1 Å². The van der Waals surface area contributed by atoms with Crippen molar-refractivity contribution in [3.8, 4) is 5.75 Å². The first-order valence-corrected chi connectivity index (χ1v) is 7.62. The molecule has 0 radical (unpaired) electrons. The molecule has 1 heterocycles. The summed E-state index contributed by atoms with van der Waals surface area (Å²) in [6.07, 6.45) is 0.583. The zero-order valence-corrected chi connectivity index (χ0v) is 13.1. The molecule has 0 bridgehead atoms. The van der Waals surface area contributed by atoms with E-state index in [1.807, 2.05) is 0 Å². The number of nitrogens with two attached hydrogens (primary N) is 1. The first-order valence-electron chi connectivity index (χ1n) is 5.81. The standard InChI is InChI=1S/C11H13ClF2N2O3S.ClH/c12-9-5-8(1-2-10(9)19-11(13)14)20(17,18)16-4-3-7(15)6-16;/h1-2,5,7,11H,3-4,6,15H2;1H/t7-;/m0./s1. The average molecular weight is 363 g/mol. The van der Waals surface area contributed by atoms with Gasteiger partial charge in [-0.2, -0.15) is 13.1 Å². The minimum atomic E-state index is -3.71. The maximum atomic E-state index is 12.3. The van der Waals surface area contributed by atoms with Crippen LogP contribution in [0.1, 0.15) is 6.42 Å². The van der Waals surface area contributed by atoms with Gasteiger partial charge in [0.15, 0.2) is 0 Å². The van der Waals surface area contributed by atoms with Crippen molar-refractivity contribution >= 4 is 34.0 Å². The number of nitrogens with zero attached hydrogens (tertiary/aromatic N) is 1. The molecule has 21 heavy (non-hydrogen) atoms. The average Bonchev–Trinajstić information content (AvgIpc) is 2.78. The molecular weight excluding hydrogens is 349 g/mol. The lowest BCUT2D eigenvalue weighted by atomic mass is 10.3. The van der Waals surface area contributed by atoms with Gasteiger partial charge in [0.1, 0.15) is 5.75 Å². The second-order valence-electron chi connectivity index (χ2n) is 4.38. The van der Waals surface area contributed by atoms with Crippen molar-refractivity contribution < 1.29 is 21.9 Å². The Bertz CT molecular complexity index is 601. The molecule has 1 aliphatic rings. The highest BCUT2D eigenvalue weighted by atomic mass is 35.5. The third-order valence-electron chi connectivity index (χ3n) is 2.94. The fraction of sp³-hybridized carbons (Fsp3) is 0.455. The van der Waals surface area contributed by atoms with Crippen LogP contribution in [0.5, 0.6) is 5.75 Å². The minimum Gasteiger partial charge on any atom is -0.433 e. The van der Waals surface area contributed by atoms with Crippen LogP contribution in [0, 0.1) is 0 Å². The van der Waals surface area contributed by atoms with Crippen LogP contribution in [0.25, 0.3) is 0 Å². The molecule has 2 rings (SSSR count). The second-order valence-corrected chi connectivity index (χ2v) is 6.73. The van der Waals surface area contributed by atoms with Crippen molar-refractivity contribution in [2.75, 3.05) is 13.1 Å². The van der Waals surface area contributed by atoms with Crippen molar-refractivity contribution in [1.29, 1.82) is 0 Å². The van der Waals surface area contributed by atoms with Crippen molar-refractivity contribution in [3.63, 3.8) is 0 Å². The van der Waals surface area contributed by atoms with E-state index in [9.17, 15) is 17.2 Å². The summed E-state index contributed by atoms with van der Waals surface area (Å²) < 4.78 is 54.2. The molecule has 2 N–H and O–H groups in total. The van der Waals surface area contributed by atoms with E-state index < -0.39 is 16.6 Å². The van der Waals surface area contributed by atoms with Crippen molar-refractivity contribution in [2.45, 2.75) is 24.0 Å². The van der Waals surface area contributed by atoms with Gasteiger partial charge in [0, 0.05) is 19.1 Å². The normalized spacial score (nSPS) is 19.6. The Balaban J connectivity index is 0.00000220. The zero-order chi connectivity index (χ0) is 14.9. The van der Waals surface area contributed by atoms with Crippen LogP contribution >= 0.6 is 24.0 Å². The van der Waals surface area contributed by atoms with Gasteiger partial charge in [-0.1, -0.05) is 11.6 Å². The molecule has 1 fully saturated rings. The quantitative estimate of drug-likeness (QED) is 0.889. The molecule has 5 nitrogen and oxygen atoms in total. The van der Waals surface area contributed by atoms with Crippen molar-refractivity contribution in [2.24, 2.45) is 5.73 Å². The van der Waals surface area contributed by atoms with Crippen molar-refractivity contribution in [3.05, 3.63) is 23.2 Å². The summed E-state index contributed by atoms with van der Waals surface area (Å²) in [6, 6.07) is 3.19. The summed E-state index contributed by atoms with van der Waals surface area (Å²) in [5, 5.41) is -0.185. The molecule has 0 saturated carbocycles. The number of halogens is 4. The predicted octanol–water partition coefficient (Wildman–Crippen LogP) is 2.08. The first-order chi connectivity index (χ1) is 9.30. The van der Waals surface area contributed by atoms with E-state index in [1.165, 1.54) is 10.4 Å². The smallest absolute Gasteiger partial charge is 0.387 e. The Labute approximate surface area is 132 Å². The van der Waals surface area contributed by atoms with E-state index in [4.69, 9.17) is 17.3 Å². The SMILES string of the molecule is Cl.N[C@H]1CCN(S(=O)(=O)c2ccc(OC(F)F)c(Cl)c2)C1. The van der Waals surface area contributed by atoms with Gasteiger partial charge < -0.3 is 10.5 Å². The molecule has 1 atom stereocenters. The molecule has 0 unspecified atom stereocenters. The number of rotatable bonds is 4. The highest BCUT2D eigenvalue weighted by Crippen LogP contribution is 2.30. The predicted molar refractivity (Wildman–Crippen MR) is 76.7 cm³/mol. The Hall–Kier alpha value is -0.670. The van der Waals surface area contributed by atoms with Crippen LogP contribution in [0.4, 0.5) is 8.78 Å². The molecular formula is C11H14Cl2F2N2O3S. The third-order valence-corrected chi connectivity index (χ3v) is 5.10. The Morgan fingerprint density at radius 3 is 2.57 bits per heavy atom. The van der Waals surface area contributed by atoms with Gasteiger partial charge in [-0.3, -0.25) is 0 Å². The molecule has 0 aliphatic carbocycles. The second kappa shape index (κ2) is 7.06. The van der Waals surface area contributed by atoms with Crippen LogP contribution in [0.3, 0.4) is 0 Å². The summed E-state index contributed by atoms with van der Waals surface area (Å²) in [4.78, 5) is -0.0711. The fourth-order valence-corrected chi connectivity index (χ4v) is 3.78. The Morgan fingerprint density at radius 1 is 1.43 bits per heavy atom. The van der Waals surface area contributed by atoms with Gasteiger partial charge in [-0.25, -0.2) is 8.42 Å². The molecule has 120 valence electrons. The van der Waals surface area contributed by atoms with Gasteiger partial charge in [0.25, 0.3) is 0 Å². The highest BCUT2D eigenvalue weighted by molar-refractivity contribution is 7.89. The monoisotopic (exact) mass is 362 g/mol. The molecule has 0 aromatic heterocycles. The molecule has 1 aromatic rings. The topological polar surface area (TPSA) is 72.6 Å². The summed E-state index contributed by atoms with van der Waals surface area (Å²) in [7, 11) is -3.71. The van der Waals surface area contributed by atoms with Gasteiger partial charge in [-0.05, 0) is 24.6 Å². The van der Waals surface area contributed by atoms with Crippen LogP contribution in [0.2, 0.25) is 5.02 Å². The van der Waals surface area contributed by atoms with E-state index in [-0.39, 0.29) is 40.7 Å². The maximum Gasteiger partial charge on any atom is 0.387 e. The van der Waals surface area contributed by atoms with E-state index >= 15 is 0 Å². The fourth-order valence-electron chi connectivity index (χ4n) is 1.95. The van der Waals surface area contributed by atoms with Gasteiger partial charge in [-0.15, -0.1) is 12.4 Å². The molecule has 1 aromatic carbocycles. The third kappa shape index (κ3) is 4.17. The molecule has 1 aliphatic heterocycles. The number of hydrogen-bond acceptors (Lipinski definition) is 4. The van der Waals surface area contributed by atoms with Gasteiger partial charge >= 0.3 is 6.61 Å². The molecule has 0 amide bonds. The summed E-state index contributed by atoms with van der Waals surface area (Å²) in [6.45, 7) is -2.46. The van der Waals surface area contributed by atoms with Gasteiger partial charge in [0.05, 0.1) is 9.92 Å². The zero-order valence-electron chi connectivity index (χ0n) is 10.7. The van der Waals surface area contributed by atoms with Crippen LogP contribution < -0.4 is 10.5 Å². The lowest BCUT2D eigenvalue weighted by molar-refractivity contribution is -0.0498. The van der Waals surface area contributed by atoms with E-state index in [0.29, 0.717) is 13.0 Å².